The van der Waals surface area contributed by atoms with Crippen LogP contribution in [0.3, 0.4) is 0 Å². The first kappa shape index (κ1) is 18.8. The van der Waals surface area contributed by atoms with Gasteiger partial charge in [-0.1, -0.05) is 24.3 Å². The van der Waals surface area contributed by atoms with Gasteiger partial charge in [0.05, 0.1) is 17.9 Å². The fraction of sp³-hybridized carbons (Fsp3) is 0.182. The molecule has 7 nitrogen and oxygen atoms in total. The average molecular weight is 389 g/mol. The number of nitrogens with zero attached hydrogens (tertiary/aromatic N) is 3. The predicted molar refractivity (Wildman–Crippen MR) is 107 cm³/mol. The van der Waals surface area contributed by atoms with Gasteiger partial charge in [0.25, 0.3) is 5.91 Å². The molecule has 29 heavy (non-hydrogen) atoms. The van der Waals surface area contributed by atoms with E-state index in [1.807, 2.05) is 24.3 Å². The van der Waals surface area contributed by atoms with Gasteiger partial charge in [-0.25, -0.2) is 14.8 Å². The minimum atomic E-state index is -0.956. The standard InChI is InChI=1S/C22H19N3O4/c26-21-14-29-12-11-25(21)18-7-1-15(2-8-18)13-20-23-10-9-19(24-20)16-3-5-17(6-4-16)22(27)28/h1-10H,11-14H2,(H,27,28). The quantitative estimate of drug-likeness (QED) is 0.721. The molecule has 1 aliphatic rings. The number of ether oxygens (including phenoxy) is 1. The number of aromatic carboxylic acids is 1. The van der Waals surface area contributed by atoms with Crippen molar-refractivity contribution >= 4 is 17.6 Å². The zero-order valence-corrected chi connectivity index (χ0v) is 15.6. The van der Waals surface area contributed by atoms with E-state index in [4.69, 9.17) is 9.84 Å². The monoisotopic (exact) mass is 389 g/mol. The van der Waals surface area contributed by atoms with E-state index in [0.717, 1.165) is 22.5 Å². The first-order chi connectivity index (χ1) is 14.1. The van der Waals surface area contributed by atoms with Crippen molar-refractivity contribution in [3.63, 3.8) is 0 Å². The lowest BCUT2D eigenvalue weighted by Gasteiger charge is -2.26. The van der Waals surface area contributed by atoms with Crippen LogP contribution < -0.4 is 4.90 Å². The molecule has 0 radical (unpaired) electrons. The lowest BCUT2D eigenvalue weighted by atomic mass is 10.1. The van der Waals surface area contributed by atoms with Crippen LogP contribution in [0.5, 0.6) is 0 Å². The van der Waals surface area contributed by atoms with E-state index in [1.165, 1.54) is 0 Å². The maximum atomic E-state index is 11.9. The number of carbonyl (C=O) groups is 2. The molecule has 0 saturated carbocycles. The number of carboxylic acids is 1. The molecule has 1 aromatic heterocycles. The van der Waals surface area contributed by atoms with Crippen LogP contribution in [0.15, 0.2) is 60.8 Å². The Morgan fingerprint density at radius 3 is 2.52 bits per heavy atom. The largest absolute Gasteiger partial charge is 0.478 e. The molecule has 1 amide bonds. The van der Waals surface area contributed by atoms with Crippen molar-refractivity contribution in [3.8, 4) is 11.3 Å². The van der Waals surface area contributed by atoms with E-state index >= 15 is 0 Å². The summed E-state index contributed by atoms with van der Waals surface area (Å²) in [6.07, 6.45) is 2.25. The third-order valence-electron chi connectivity index (χ3n) is 4.73. The lowest BCUT2D eigenvalue weighted by molar-refractivity contribution is -0.125. The van der Waals surface area contributed by atoms with E-state index in [9.17, 15) is 9.59 Å². The Hall–Kier alpha value is -3.58. The molecule has 2 aromatic carbocycles. The predicted octanol–water partition coefficient (Wildman–Crippen LogP) is 2.80. The van der Waals surface area contributed by atoms with Crippen LogP contribution in [-0.2, 0) is 16.0 Å². The van der Waals surface area contributed by atoms with Gasteiger partial charge in [0.15, 0.2) is 0 Å². The number of aromatic nitrogens is 2. The minimum absolute atomic E-state index is 0.0334. The van der Waals surface area contributed by atoms with Crippen molar-refractivity contribution < 1.29 is 19.4 Å². The molecule has 1 N–H and O–H groups in total. The summed E-state index contributed by atoms with van der Waals surface area (Å²) in [7, 11) is 0. The number of carbonyl (C=O) groups excluding carboxylic acids is 1. The fourth-order valence-electron chi connectivity index (χ4n) is 3.20. The smallest absolute Gasteiger partial charge is 0.335 e. The maximum Gasteiger partial charge on any atom is 0.335 e. The highest BCUT2D eigenvalue weighted by atomic mass is 16.5. The lowest BCUT2D eigenvalue weighted by Crippen LogP contribution is -2.41. The number of hydrogen-bond acceptors (Lipinski definition) is 5. The van der Waals surface area contributed by atoms with Crippen LogP contribution in [-0.4, -0.2) is 46.7 Å². The summed E-state index contributed by atoms with van der Waals surface area (Å²) in [6, 6.07) is 16.2. The average Bonchev–Trinajstić information content (AvgIpc) is 2.75. The van der Waals surface area contributed by atoms with Crippen LogP contribution in [0.4, 0.5) is 5.69 Å². The highest BCUT2D eigenvalue weighted by molar-refractivity contribution is 5.94. The van der Waals surface area contributed by atoms with Crippen LogP contribution in [0.25, 0.3) is 11.3 Å². The fourth-order valence-corrected chi connectivity index (χ4v) is 3.20. The molecule has 146 valence electrons. The van der Waals surface area contributed by atoms with Crippen LogP contribution in [0, 0.1) is 0 Å². The van der Waals surface area contributed by atoms with Crippen molar-refractivity contribution in [2.45, 2.75) is 6.42 Å². The third-order valence-corrected chi connectivity index (χ3v) is 4.73. The molecule has 1 saturated heterocycles. The van der Waals surface area contributed by atoms with Crippen LogP contribution in [0.2, 0.25) is 0 Å². The Labute approximate surface area is 167 Å². The van der Waals surface area contributed by atoms with Gasteiger partial charge >= 0.3 is 5.97 Å². The molecular weight excluding hydrogens is 370 g/mol. The molecule has 0 atom stereocenters. The Bertz CT molecular complexity index is 1030. The summed E-state index contributed by atoms with van der Waals surface area (Å²) < 4.78 is 5.17. The van der Waals surface area contributed by atoms with Crippen molar-refractivity contribution in [1.82, 2.24) is 9.97 Å². The first-order valence-electron chi connectivity index (χ1n) is 9.23. The molecule has 1 fully saturated rings. The summed E-state index contributed by atoms with van der Waals surface area (Å²) in [5.41, 5.74) is 3.70. The minimum Gasteiger partial charge on any atom is -0.478 e. The summed E-state index contributed by atoms with van der Waals surface area (Å²) in [5, 5.41) is 9.02. The summed E-state index contributed by atoms with van der Waals surface area (Å²) in [6.45, 7) is 1.22. The third kappa shape index (κ3) is 4.30. The Kier molecular flexibility index (Phi) is 5.31. The Morgan fingerprint density at radius 2 is 1.83 bits per heavy atom. The first-order valence-corrected chi connectivity index (χ1v) is 9.23. The molecule has 0 bridgehead atoms. The topological polar surface area (TPSA) is 92.6 Å². The number of carboxylic acid groups (broad SMARTS) is 1. The van der Waals surface area contributed by atoms with E-state index in [-0.39, 0.29) is 18.1 Å². The normalized spacial score (nSPS) is 14.1. The molecule has 0 spiro atoms. The van der Waals surface area contributed by atoms with Crippen molar-refractivity contribution in [2.75, 3.05) is 24.7 Å². The van der Waals surface area contributed by atoms with Crippen molar-refractivity contribution in [1.29, 1.82) is 0 Å². The second kappa shape index (κ2) is 8.20. The van der Waals surface area contributed by atoms with Gasteiger partial charge in [-0.15, -0.1) is 0 Å². The van der Waals surface area contributed by atoms with Gasteiger partial charge in [-0.05, 0) is 35.9 Å². The molecule has 2 heterocycles. The molecule has 1 aliphatic heterocycles. The molecule has 7 heteroatoms. The van der Waals surface area contributed by atoms with Gasteiger partial charge in [0.2, 0.25) is 0 Å². The van der Waals surface area contributed by atoms with E-state index in [1.54, 1.807) is 41.4 Å². The Morgan fingerprint density at radius 1 is 1.07 bits per heavy atom. The van der Waals surface area contributed by atoms with Crippen molar-refractivity contribution in [3.05, 3.63) is 77.7 Å². The number of anilines is 1. The Balaban J connectivity index is 1.49. The molecule has 4 rings (SSSR count). The molecule has 0 unspecified atom stereocenters. The van der Waals surface area contributed by atoms with Gasteiger partial charge in [-0.2, -0.15) is 0 Å². The number of benzene rings is 2. The molecule has 0 aliphatic carbocycles. The summed E-state index contributed by atoms with van der Waals surface area (Å²) in [4.78, 5) is 33.6. The van der Waals surface area contributed by atoms with Crippen LogP contribution in [0.1, 0.15) is 21.7 Å². The van der Waals surface area contributed by atoms with E-state index in [2.05, 4.69) is 9.97 Å². The summed E-state index contributed by atoms with van der Waals surface area (Å²) in [5.74, 6) is -0.323. The highest BCUT2D eigenvalue weighted by Gasteiger charge is 2.19. The highest BCUT2D eigenvalue weighted by Crippen LogP contribution is 2.20. The van der Waals surface area contributed by atoms with E-state index < -0.39 is 5.97 Å². The van der Waals surface area contributed by atoms with Gasteiger partial charge < -0.3 is 14.7 Å². The maximum absolute atomic E-state index is 11.9. The molecule has 3 aromatic rings. The van der Waals surface area contributed by atoms with Gasteiger partial charge in [0.1, 0.15) is 12.4 Å². The number of morpholine rings is 1. The molecular formula is C22H19N3O4. The SMILES string of the molecule is O=C(O)c1ccc(-c2ccnc(Cc3ccc(N4CCOCC4=O)cc3)n2)cc1. The number of rotatable bonds is 5. The second-order valence-electron chi connectivity index (χ2n) is 6.68. The summed E-state index contributed by atoms with van der Waals surface area (Å²) >= 11 is 0. The zero-order valence-electron chi connectivity index (χ0n) is 15.6. The van der Waals surface area contributed by atoms with Crippen LogP contribution >= 0.6 is 0 Å². The van der Waals surface area contributed by atoms with Gasteiger partial charge in [-0.3, -0.25) is 4.79 Å². The number of amides is 1. The number of hydrogen-bond donors (Lipinski definition) is 1. The zero-order chi connectivity index (χ0) is 20.2. The van der Waals surface area contributed by atoms with E-state index in [0.29, 0.717) is 25.4 Å². The van der Waals surface area contributed by atoms with Crippen molar-refractivity contribution in [2.24, 2.45) is 0 Å². The van der Waals surface area contributed by atoms with Gasteiger partial charge in [0, 0.05) is 30.4 Å². The second-order valence-corrected chi connectivity index (χ2v) is 6.68.